The highest BCUT2D eigenvalue weighted by molar-refractivity contribution is 6.21. The second kappa shape index (κ2) is 13.0. The van der Waals surface area contributed by atoms with Crippen LogP contribution in [-0.4, -0.2) is 40.1 Å². The molecule has 0 aromatic heterocycles. The van der Waals surface area contributed by atoms with E-state index < -0.39 is 23.7 Å². The summed E-state index contributed by atoms with van der Waals surface area (Å²) >= 11 is 0. The van der Waals surface area contributed by atoms with Gasteiger partial charge in [0.25, 0.3) is 11.8 Å². The van der Waals surface area contributed by atoms with Gasteiger partial charge in [-0.15, -0.1) is 0 Å². The number of nitrogens with zero attached hydrogens (tertiary/aromatic N) is 1. The molecule has 1 N–H and O–H groups in total. The van der Waals surface area contributed by atoms with Crippen molar-refractivity contribution in [2.24, 2.45) is 5.92 Å². The van der Waals surface area contributed by atoms with Crippen molar-refractivity contribution >= 4 is 23.6 Å². The first kappa shape index (κ1) is 24.8. The van der Waals surface area contributed by atoms with Gasteiger partial charge in [0.15, 0.2) is 0 Å². The number of carboxylic acid groups (broad SMARTS) is 1. The van der Waals surface area contributed by atoms with Gasteiger partial charge >= 0.3 is 5.97 Å². The Labute approximate surface area is 185 Å². The van der Waals surface area contributed by atoms with Crippen molar-refractivity contribution in [1.82, 2.24) is 4.90 Å². The molecular weight excluding hydrogens is 394 g/mol. The largest absolute Gasteiger partial charge is 0.481 e. The molecule has 0 saturated carbocycles. The van der Waals surface area contributed by atoms with Crippen LogP contribution < -0.4 is 0 Å². The van der Waals surface area contributed by atoms with Gasteiger partial charge in [-0.05, 0) is 25.0 Å². The van der Waals surface area contributed by atoms with E-state index >= 15 is 0 Å². The van der Waals surface area contributed by atoms with Crippen LogP contribution >= 0.6 is 0 Å². The van der Waals surface area contributed by atoms with Crippen molar-refractivity contribution in [2.45, 2.75) is 84.0 Å². The van der Waals surface area contributed by atoms with E-state index in [0.29, 0.717) is 17.5 Å². The van der Waals surface area contributed by atoms with Crippen LogP contribution in [0.2, 0.25) is 0 Å². The Kier molecular flexibility index (Phi) is 10.4. The average molecular weight is 430 g/mol. The number of Topliss-reactive ketones (excluding diaryl/α,β-unsaturated/α-hetero) is 1. The monoisotopic (exact) mass is 429 g/mol. The predicted octanol–water partition coefficient (Wildman–Crippen LogP) is 5.25. The molecule has 0 fully saturated rings. The number of benzene rings is 1. The number of hydrogen-bond donors (Lipinski definition) is 1. The topological polar surface area (TPSA) is 91.8 Å². The van der Waals surface area contributed by atoms with E-state index in [0.717, 1.165) is 24.2 Å². The van der Waals surface area contributed by atoms with Crippen molar-refractivity contribution in [2.75, 3.05) is 6.54 Å². The number of hydrogen-bond acceptors (Lipinski definition) is 4. The van der Waals surface area contributed by atoms with E-state index in [1.165, 1.54) is 38.5 Å². The van der Waals surface area contributed by atoms with Gasteiger partial charge in [0.2, 0.25) is 0 Å². The molecule has 31 heavy (non-hydrogen) atoms. The molecule has 1 aliphatic heterocycles. The summed E-state index contributed by atoms with van der Waals surface area (Å²) in [6.45, 7) is 2.21. The summed E-state index contributed by atoms with van der Waals surface area (Å²) in [5.41, 5.74) is 0.696. The summed E-state index contributed by atoms with van der Waals surface area (Å²) in [5, 5.41) is 9.49. The third kappa shape index (κ3) is 7.60. The fourth-order valence-electron chi connectivity index (χ4n) is 4.05. The number of rotatable bonds is 16. The lowest BCUT2D eigenvalue weighted by molar-refractivity contribution is -0.144. The SMILES string of the molecule is CCCCCCCCCCCC(=O)CC(CCN1C(=O)c2ccccc2C1=O)C(=O)O. The van der Waals surface area contributed by atoms with E-state index in [1.54, 1.807) is 24.3 Å². The molecule has 0 radical (unpaired) electrons. The summed E-state index contributed by atoms with van der Waals surface area (Å²) in [6.07, 6.45) is 10.9. The molecular formula is C25H35NO5. The Balaban J connectivity index is 1.68. The van der Waals surface area contributed by atoms with E-state index in [1.807, 2.05) is 0 Å². The van der Waals surface area contributed by atoms with Gasteiger partial charge in [-0.1, -0.05) is 70.4 Å². The number of carboxylic acids is 1. The third-order valence-electron chi connectivity index (χ3n) is 5.96. The highest BCUT2D eigenvalue weighted by atomic mass is 16.4. The summed E-state index contributed by atoms with van der Waals surface area (Å²) < 4.78 is 0. The number of amides is 2. The zero-order valence-corrected chi connectivity index (χ0v) is 18.6. The van der Waals surface area contributed by atoms with Gasteiger partial charge in [0.05, 0.1) is 17.0 Å². The Morgan fingerprint density at radius 2 is 1.39 bits per heavy atom. The quantitative estimate of drug-likeness (QED) is 0.286. The van der Waals surface area contributed by atoms with Crippen molar-refractivity contribution in [3.63, 3.8) is 0 Å². The maximum absolute atomic E-state index is 12.4. The van der Waals surface area contributed by atoms with E-state index in [-0.39, 0.29) is 25.2 Å². The molecule has 1 unspecified atom stereocenters. The Bertz CT molecular complexity index is 738. The maximum atomic E-state index is 12.4. The van der Waals surface area contributed by atoms with Crippen LogP contribution in [-0.2, 0) is 9.59 Å². The number of unbranched alkanes of at least 4 members (excludes halogenated alkanes) is 8. The second-order valence-corrected chi connectivity index (χ2v) is 8.45. The fourth-order valence-corrected chi connectivity index (χ4v) is 4.05. The minimum atomic E-state index is -1.06. The van der Waals surface area contributed by atoms with Gasteiger partial charge in [-0.2, -0.15) is 0 Å². The number of fused-ring (bicyclic) bond motifs is 1. The average Bonchev–Trinajstić information content (AvgIpc) is 3.00. The van der Waals surface area contributed by atoms with E-state index in [2.05, 4.69) is 6.92 Å². The molecule has 0 saturated heterocycles. The van der Waals surface area contributed by atoms with E-state index in [9.17, 15) is 24.3 Å². The highest BCUT2D eigenvalue weighted by Gasteiger charge is 2.35. The Morgan fingerprint density at radius 1 is 0.871 bits per heavy atom. The number of aliphatic carboxylic acids is 1. The normalized spacial score (nSPS) is 14.0. The van der Waals surface area contributed by atoms with Gasteiger partial charge in [-0.25, -0.2) is 0 Å². The van der Waals surface area contributed by atoms with Gasteiger partial charge < -0.3 is 5.11 Å². The van der Waals surface area contributed by atoms with Crippen LogP contribution in [0.4, 0.5) is 0 Å². The molecule has 1 aromatic rings. The first-order valence-electron chi connectivity index (χ1n) is 11.7. The van der Waals surface area contributed by atoms with Gasteiger partial charge in [-0.3, -0.25) is 24.1 Å². The lowest BCUT2D eigenvalue weighted by Gasteiger charge is -2.17. The van der Waals surface area contributed by atoms with Gasteiger partial charge in [0, 0.05) is 19.4 Å². The Morgan fingerprint density at radius 3 is 1.90 bits per heavy atom. The zero-order chi connectivity index (χ0) is 22.6. The van der Waals surface area contributed by atoms with E-state index in [4.69, 9.17) is 0 Å². The zero-order valence-electron chi connectivity index (χ0n) is 18.6. The minimum Gasteiger partial charge on any atom is -0.481 e. The standard InChI is InChI=1S/C25H35NO5/c1-2-3-4-5-6-7-8-9-10-13-20(27)18-19(25(30)31)16-17-26-23(28)21-14-11-12-15-22(21)24(26)29/h11-12,14-15,19H,2-10,13,16-18H2,1H3,(H,30,31). The lowest BCUT2D eigenvalue weighted by Crippen LogP contribution is -2.33. The molecule has 2 rings (SSSR count). The molecule has 1 heterocycles. The number of carbonyl (C=O) groups is 4. The van der Waals surface area contributed by atoms with Crippen molar-refractivity contribution in [3.05, 3.63) is 35.4 Å². The summed E-state index contributed by atoms with van der Waals surface area (Å²) in [5.74, 6) is -2.79. The second-order valence-electron chi connectivity index (χ2n) is 8.45. The third-order valence-corrected chi connectivity index (χ3v) is 5.96. The molecule has 1 atom stereocenters. The maximum Gasteiger partial charge on any atom is 0.307 e. The van der Waals surface area contributed by atoms with Crippen LogP contribution in [0.25, 0.3) is 0 Å². The van der Waals surface area contributed by atoms with Crippen molar-refractivity contribution < 1.29 is 24.3 Å². The minimum absolute atomic E-state index is 0.00856. The molecule has 170 valence electrons. The summed E-state index contributed by atoms with van der Waals surface area (Å²) in [7, 11) is 0. The van der Waals surface area contributed by atoms with Gasteiger partial charge in [0.1, 0.15) is 5.78 Å². The molecule has 0 spiro atoms. The number of carbonyl (C=O) groups excluding carboxylic acids is 3. The predicted molar refractivity (Wildman–Crippen MR) is 119 cm³/mol. The Hall–Kier alpha value is -2.50. The molecule has 1 aromatic carbocycles. The molecule has 0 bridgehead atoms. The van der Waals surface area contributed by atoms with Crippen LogP contribution in [0, 0.1) is 5.92 Å². The number of ketones is 1. The molecule has 0 aliphatic carbocycles. The highest BCUT2D eigenvalue weighted by Crippen LogP contribution is 2.24. The van der Waals surface area contributed by atoms with Crippen LogP contribution in [0.5, 0.6) is 0 Å². The van der Waals surface area contributed by atoms with Crippen LogP contribution in [0.1, 0.15) is 105 Å². The summed E-state index contributed by atoms with van der Waals surface area (Å²) in [4.78, 5) is 49.8. The van der Waals surface area contributed by atoms with Crippen LogP contribution in [0.15, 0.2) is 24.3 Å². The fraction of sp³-hybridized carbons (Fsp3) is 0.600. The smallest absolute Gasteiger partial charge is 0.307 e. The first-order valence-corrected chi connectivity index (χ1v) is 11.7. The molecule has 2 amide bonds. The first-order chi connectivity index (χ1) is 15.0. The molecule has 6 nitrogen and oxygen atoms in total. The van der Waals surface area contributed by atoms with Crippen LogP contribution in [0.3, 0.4) is 0 Å². The molecule has 1 aliphatic rings. The molecule has 6 heteroatoms. The number of imide groups is 1. The van der Waals surface area contributed by atoms with Crippen molar-refractivity contribution in [3.8, 4) is 0 Å². The van der Waals surface area contributed by atoms with Crippen molar-refractivity contribution in [1.29, 1.82) is 0 Å². The summed E-state index contributed by atoms with van der Waals surface area (Å²) in [6, 6.07) is 6.58. The lowest BCUT2D eigenvalue weighted by atomic mass is 9.96.